The van der Waals surface area contributed by atoms with Crippen LogP contribution in [0.15, 0.2) is 48.8 Å². The van der Waals surface area contributed by atoms with Crippen molar-refractivity contribution in [2.75, 3.05) is 19.6 Å². The second-order valence-corrected chi connectivity index (χ2v) is 8.51. The molecule has 0 spiro atoms. The van der Waals surface area contributed by atoms with Crippen molar-refractivity contribution in [3.05, 3.63) is 71.6 Å². The molecule has 2 N–H and O–H groups in total. The van der Waals surface area contributed by atoms with Crippen LogP contribution in [0, 0.1) is 11.6 Å². The fourth-order valence-corrected chi connectivity index (χ4v) is 4.93. The van der Waals surface area contributed by atoms with Gasteiger partial charge in [0.25, 0.3) is 0 Å². The minimum Gasteiger partial charge on any atom is -0.361 e. The Labute approximate surface area is 175 Å². The van der Waals surface area contributed by atoms with Crippen LogP contribution in [-0.4, -0.2) is 34.5 Å². The monoisotopic (exact) mass is 407 g/mol. The molecular weight excluding hydrogens is 380 g/mol. The Balaban J connectivity index is 1.11. The van der Waals surface area contributed by atoms with Gasteiger partial charge >= 0.3 is 0 Å². The van der Waals surface area contributed by atoms with Gasteiger partial charge in [-0.3, -0.25) is 0 Å². The van der Waals surface area contributed by atoms with Crippen LogP contribution in [-0.2, 0) is 6.42 Å². The number of rotatable bonds is 6. The first-order valence-corrected chi connectivity index (χ1v) is 10.9. The number of nitrogens with one attached hydrogen (secondary N) is 2. The highest BCUT2D eigenvalue weighted by Gasteiger charge is 2.22. The summed E-state index contributed by atoms with van der Waals surface area (Å²) in [5.74, 6) is 0.154. The van der Waals surface area contributed by atoms with E-state index in [1.165, 1.54) is 23.3 Å². The zero-order valence-electron chi connectivity index (χ0n) is 17.1. The van der Waals surface area contributed by atoms with Gasteiger partial charge in [-0.25, -0.2) is 8.78 Å². The summed E-state index contributed by atoms with van der Waals surface area (Å²) < 4.78 is 27.2. The van der Waals surface area contributed by atoms with Crippen LogP contribution in [0.2, 0.25) is 0 Å². The molecule has 30 heavy (non-hydrogen) atoms. The zero-order valence-corrected chi connectivity index (χ0v) is 17.1. The van der Waals surface area contributed by atoms with Crippen molar-refractivity contribution in [1.82, 2.24) is 14.9 Å². The number of hydrogen-bond donors (Lipinski definition) is 2. The first kappa shape index (κ1) is 19.3. The van der Waals surface area contributed by atoms with Gasteiger partial charge in [-0.2, -0.15) is 0 Å². The highest BCUT2D eigenvalue weighted by molar-refractivity contribution is 5.84. The summed E-state index contributed by atoms with van der Waals surface area (Å²) in [6.07, 6.45) is 9.53. The lowest BCUT2D eigenvalue weighted by molar-refractivity contribution is 0.209. The molecule has 3 heterocycles. The molecule has 0 amide bonds. The quantitative estimate of drug-likeness (QED) is 0.371. The van der Waals surface area contributed by atoms with Crippen molar-refractivity contribution in [1.29, 1.82) is 0 Å². The van der Waals surface area contributed by atoms with E-state index in [4.69, 9.17) is 0 Å². The number of aromatic amines is 2. The molecule has 0 radical (unpaired) electrons. The van der Waals surface area contributed by atoms with Gasteiger partial charge in [0.1, 0.15) is 11.6 Å². The highest BCUT2D eigenvalue weighted by Crippen LogP contribution is 2.33. The number of halogens is 2. The lowest BCUT2D eigenvalue weighted by Gasteiger charge is -2.32. The molecule has 1 aliphatic heterocycles. The van der Waals surface area contributed by atoms with E-state index in [0.717, 1.165) is 73.5 Å². The average molecular weight is 408 g/mol. The summed E-state index contributed by atoms with van der Waals surface area (Å²) in [7, 11) is 0. The van der Waals surface area contributed by atoms with Crippen LogP contribution in [0.5, 0.6) is 0 Å². The molecular formula is C25H27F2N3. The standard InChI is InChI=1S/C25H27F2N3/c26-19-4-6-24-21(13-19)18(15-28-24)3-1-2-10-30-11-8-17(9-12-30)23-16-29-25-7-5-20(27)14-22(23)25/h4-7,13-17,28-29H,1-3,8-12H2. The predicted octanol–water partition coefficient (Wildman–Crippen LogP) is 6.13. The van der Waals surface area contributed by atoms with Crippen LogP contribution in [0.4, 0.5) is 8.78 Å². The normalized spacial score (nSPS) is 16.1. The van der Waals surface area contributed by atoms with Crippen molar-refractivity contribution >= 4 is 21.8 Å². The van der Waals surface area contributed by atoms with E-state index in [2.05, 4.69) is 21.1 Å². The molecule has 2 aromatic heterocycles. The van der Waals surface area contributed by atoms with E-state index in [0.29, 0.717) is 5.92 Å². The average Bonchev–Trinajstić information content (AvgIpc) is 3.35. The molecule has 5 heteroatoms. The van der Waals surface area contributed by atoms with E-state index >= 15 is 0 Å². The van der Waals surface area contributed by atoms with Gasteiger partial charge in [0.2, 0.25) is 0 Å². The summed E-state index contributed by atoms with van der Waals surface area (Å²) in [6.45, 7) is 3.28. The van der Waals surface area contributed by atoms with Crippen LogP contribution >= 0.6 is 0 Å². The van der Waals surface area contributed by atoms with Gasteiger partial charge in [0.15, 0.2) is 0 Å². The summed E-state index contributed by atoms with van der Waals surface area (Å²) in [6, 6.07) is 9.93. The SMILES string of the molecule is Fc1ccc2[nH]cc(CCCCN3CCC(c4c[nH]c5ccc(F)cc45)CC3)c2c1. The maximum atomic E-state index is 13.7. The number of aromatic nitrogens is 2. The number of H-pyrrole nitrogens is 2. The largest absolute Gasteiger partial charge is 0.361 e. The Kier molecular flexibility index (Phi) is 5.30. The minimum atomic E-state index is -0.177. The lowest BCUT2D eigenvalue weighted by atomic mass is 9.89. The van der Waals surface area contributed by atoms with Crippen LogP contribution in [0.3, 0.4) is 0 Å². The molecule has 0 saturated carbocycles. The molecule has 156 valence electrons. The van der Waals surface area contributed by atoms with Crippen molar-refractivity contribution in [2.24, 2.45) is 0 Å². The third kappa shape index (κ3) is 3.86. The van der Waals surface area contributed by atoms with Crippen molar-refractivity contribution < 1.29 is 8.78 Å². The number of likely N-dealkylation sites (tertiary alicyclic amines) is 1. The molecule has 0 bridgehead atoms. The molecule has 0 atom stereocenters. The molecule has 3 nitrogen and oxygen atoms in total. The number of nitrogens with zero attached hydrogens (tertiary/aromatic N) is 1. The lowest BCUT2D eigenvalue weighted by Crippen LogP contribution is -2.33. The molecule has 0 aliphatic carbocycles. The Morgan fingerprint density at radius 3 is 2.27 bits per heavy atom. The van der Waals surface area contributed by atoms with E-state index in [9.17, 15) is 8.78 Å². The molecule has 1 aliphatic rings. The molecule has 2 aromatic carbocycles. The molecule has 4 aromatic rings. The summed E-state index contributed by atoms with van der Waals surface area (Å²) in [5.41, 5.74) is 4.49. The van der Waals surface area contributed by atoms with Crippen molar-refractivity contribution in [3.8, 4) is 0 Å². The van der Waals surface area contributed by atoms with E-state index < -0.39 is 0 Å². The summed E-state index contributed by atoms with van der Waals surface area (Å²) in [5, 5.41) is 2.04. The summed E-state index contributed by atoms with van der Waals surface area (Å²) >= 11 is 0. The Bertz CT molecular complexity index is 1150. The van der Waals surface area contributed by atoms with Gasteiger partial charge in [0, 0.05) is 34.2 Å². The first-order chi connectivity index (χ1) is 14.7. The smallest absolute Gasteiger partial charge is 0.123 e. The summed E-state index contributed by atoms with van der Waals surface area (Å²) in [4.78, 5) is 9.07. The topological polar surface area (TPSA) is 34.8 Å². The second-order valence-electron chi connectivity index (χ2n) is 8.51. The third-order valence-electron chi connectivity index (χ3n) is 6.60. The maximum Gasteiger partial charge on any atom is 0.123 e. The fraction of sp³-hybridized carbons (Fsp3) is 0.360. The van der Waals surface area contributed by atoms with Gasteiger partial charge in [-0.05, 0) is 105 Å². The van der Waals surface area contributed by atoms with E-state index in [-0.39, 0.29) is 11.6 Å². The fourth-order valence-electron chi connectivity index (χ4n) is 4.93. The number of unbranched alkanes of at least 4 members (excludes halogenated alkanes) is 1. The van der Waals surface area contributed by atoms with Crippen LogP contribution in [0.1, 0.15) is 42.7 Å². The van der Waals surface area contributed by atoms with Crippen LogP contribution in [0.25, 0.3) is 21.8 Å². The Morgan fingerprint density at radius 1 is 0.833 bits per heavy atom. The number of benzene rings is 2. The number of aryl methyl sites for hydroxylation is 1. The Morgan fingerprint density at radius 2 is 1.50 bits per heavy atom. The number of fused-ring (bicyclic) bond motifs is 2. The maximum absolute atomic E-state index is 13.7. The number of hydrogen-bond acceptors (Lipinski definition) is 1. The zero-order chi connectivity index (χ0) is 20.5. The van der Waals surface area contributed by atoms with E-state index in [1.807, 2.05) is 12.3 Å². The second kappa shape index (κ2) is 8.23. The minimum absolute atomic E-state index is 0.168. The van der Waals surface area contributed by atoms with Crippen molar-refractivity contribution in [2.45, 2.75) is 38.0 Å². The van der Waals surface area contributed by atoms with Gasteiger partial charge in [-0.15, -0.1) is 0 Å². The molecule has 5 rings (SSSR count). The molecule has 1 fully saturated rings. The third-order valence-corrected chi connectivity index (χ3v) is 6.60. The first-order valence-electron chi connectivity index (χ1n) is 10.9. The molecule has 0 unspecified atom stereocenters. The number of piperidine rings is 1. The van der Waals surface area contributed by atoms with Gasteiger partial charge in [-0.1, -0.05) is 0 Å². The van der Waals surface area contributed by atoms with Crippen molar-refractivity contribution in [3.63, 3.8) is 0 Å². The van der Waals surface area contributed by atoms with Gasteiger partial charge < -0.3 is 14.9 Å². The van der Waals surface area contributed by atoms with Crippen LogP contribution < -0.4 is 0 Å². The molecule has 1 saturated heterocycles. The Hall–Kier alpha value is -2.66. The van der Waals surface area contributed by atoms with E-state index in [1.54, 1.807) is 18.2 Å². The highest BCUT2D eigenvalue weighted by atomic mass is 19.1. The predicted molar refractivity (Wildman–Crippen MR) is 118 cm³/mol. The van der Waals surface area contributed by atoms with Gasteiger partial charge in [0.05, 0.1) is 0 Å².